The molecule has 1 amide bonds. The first-order valence-electron chi connectivity index (χ1n) is 10.5. The summed E-state index contributed by atoms with van der Waals surface area (Å²) in [5.41, 5.74) is 1.84. The van der Waals surface area contributed by atoms with Crippen LogP contribution in [-0.2, 0) is 11.2 Å². The Labute approximate surface area is 194 Å². The van der Waals surface area contributed by atoms with Gasteiger partial charge in [-0.3, -0.25) is 9.59 Å². The van der Waals surface area contributed by atoms with Crippen molar-refractivity contribution in [3.05, 3.63) is 45.1 Å². The second-order valence-corrected chi connectivity index (χ2v) is 7.91. The number of aryl methyl sites for hydroxylation is 2. The number of rotatable bonds is 6. The van der Waals surface area contributed by atoms with Crippen molar-refractivity contribution in [2.45, 2.75) is 38.9 Å². The zero-order valence-corrected chi connectivity index (χ0v) is 19.5. The first kappa shape index (κ1) is 25.2. The minimum Gasteiger partial charge on any atom is -0.493 e. The molecule has 1 unspecified atom stereocenters. The number of hydrogen-bond acceptors (Lipinski definition) is 6. The molecule has 1 N–H and O–H groups in total. The van der Waals surface area contributed by atoms with Gasteiger partial charge in [-0.1, -0.05) is 0 Å². The van der Waals surface area contributed by atoms with Crippen LogP contribution in [0.1, 0.15) is 36.1 Å². The van der Waals surface area contributed by atoms with Gasteiger partial charge in [-0.05, 0) is 54.7 Å². The average molecular weight is 481 g/mol. The number of amides is 1. The summed E-state index contributed by atoms with van der Waals surface area (Å²) in [5.74, 6) is 0.333. The van der Waals surface area contributed by atoms with Gasteiger partial charge >= 0.3 is 6.18 Å². The summed E-state index contributed by atoms with van der Waals surface area (Å²) < 4.78 is 60.1. The van der Waals surface area contributed by atoms with E-state index in [0.29, 0.717) is 46.8 Å². The van der Waals surface area contributed by atoms with Crippen LogP contribution in [0, 0.1) is 6.92 Å². The third-order valence-electron chi connectivity index (χ3n) is 5.57. The van der Waals surface area contributed by atoms with E-state index < -0.39 is 30.0 Å². The van der Waals surface area contributed by atoms with Crippen LogP contribution >= 0.6 is 0 Å². The Balaban J connectivity index is 2.40. The van der Waals surface area contributed by atoms with E-state index in [1.54, 1.807) is 12.1 Å². The molecule has 0 saturated heterocycles. The highest BCUT2D eigenvalue weighted by atomic mass is 19.4. The zero-order chi connectivity index (χ0) is 25.2. The summed E-state index contributed by atoms with van der Waals surface area (Å²) in [6.07, 6.45) is -3.73. The Kier molecular flexibility index (Phi) is 7.28. The molecule has 0 fully saturated rings. The fourth-order valence-electron chi connectivity index (χ4n) is 4.17. The summed E-state index contributed by atoms with van der Waals surface area (Å²) in [6.45, 7) is 1.23. The monoisotopic (exact) mass is 481 g/mol. The lowest BCUT2D eigenvalue weighted by atomic mass is 9.95. The number of nitrogens with one attached hydrogen (secondary N) is 1. The highest BCUT2D eigenvalue weighted by molar-refractivity contribution is 5.84. The van der Waals surface area contributed by atoms with Gasteiger partial charge in [0.15, 0.2) is 23.9 Å². The van der Waals surface area contributed by atoms with Crippen molar-refractivity contribution in [2.75, 3.05) is 27.9 Å². The molecular weight excluding hydrogens is 455 g/mol. The van der Waals surface area contributed by atoms with Gasteiger partial charge in [-0.25, -0.2) is 0 Å². The summed E-state index contributed by atoms with van der Waals surface area (Å²) in [6, 6.07) is 4.05. The standard InChI is InChI=1S/C24H26F3NO6/c1-12-8-16-15(10-18(21(12)30)34-11-24(25,26)27)17(28-13(2)29)7-6-14-9-19(31-3)22(32-4)23(33-5)20(14)16/h8-10,17H,6-7,11H2,1-5H3,(H,28,29). The normalized spacial score (nSPS) is 14.9. The van der Waals surface area contributed by atoms with Gasteiger partial charge in [0.1, 0.15) is 0 Å². The Hall–Kier alpha value is -3.43. The molecule has 2 aromatic rings. The third kappa shape index (κ3) is 5.05. The van der Waals surface area contributed by atoms with Gasteiger partial charge < -0.3 is 24.3 Å². The second-order valence-electron chi connectivity index (χ2n) is 7.91. The molecule has 184 valence electrons. The van der Waals surface area contributed by atoms with E-state index in [1.807, 2.05) is 0 Å². The van der Waals surface area contributed by atoms with Crippen LogP contribution in [0.4, 0.5) is 13.2 Å². The molecule has 0 heterocycles. The van der Waals surface area contributed by atoms with Crippen molar-refractivity contribution in [3.8, 4) is 34.1 Å². The van der Waals surface area contributed by atoms with E-state index in [9.17, 15) is 22.8 Å². The van der Waals surface area contributed by atoms with Gasteiger partial charge in [0.05, 0.1) is 27.4 Å². The SMILES string of the molecule is COc1cc2c(c(OC)c1OC)-c1cc(C)c(=O)c(OCC(F)(F)F)cc1C(NC(C)=O)CC2. The van der Waals surface area contributed by atoms with E-state index in [1.165, 1.54) is 41.2 Å². The van der Waals surface area contributed by atoms with Crippen LogP contribution < -0.4 is 29.7 Å². The highest BCUT2D eigenvalue weighted by Gasteiger charge is 2.32. The molecule has 34 heavy (non-hydrogen) atoms. The molecule has 0 bridgehead atoms. The first-order valence-corrected chi connectivity index (χ1v) is 10.5. The van der Waals surface area contributed by atoms with Crippen LogP contribution in [0.2, 0.25) is 0 Å². The van der Waals surface area contributed by atoms with E-state index >= 15 is 0 Å². The van der Waals surface area contributed by atoms with Crippen LogP contribution in [0.25, 0.3) is 11.1 Å². The maximum atomic E-state index is 12.9. The van der Waals surface area contributed by atoms with Gasteiger partial charge in [-0.15, -0.1) is 0 Å². The predicted octanol–water partition coefficient (Wildman–Crippen LogP) is 4.11. The fourth-order valence-corrected chi connectivity index (χ4v) is 4.17. The summed E-state index contributed by atoms with van der Waals surface area (Å²) in [5, 5.41) is 2.84. The highest BCUT2D eigenvalue weighted by Crippen LogP contribution is 2.50. The second kappa shape index (κ2) is 9.82. The topological polar surface area (TPSA) is 83.1 Å². The van der Waals surface area contributed by atoms with Crippen molar-refractivity contribution < 1.29 is 36.9 Å². The molecule has 0 spiro atoms. The largest absolute Gasteiger partial charge is 0.493 e. The number of benzene rings is 1. The quantitative estimate of drug-likeness (QED) is 0.669. The Bertz CT molecular complexity index is 1160. The number of hydrogen-bond donors (Lipinski definition) is 1. The van der Waals surface area contributed by atoms with Crippen LogP contribution in [-0.4, -0.2) is 40.0 Å². The number of fused-ring (bicyclic) bond motifs is 3. The van der Waals surface area contributed by atoms with Crippen molar-refractivity contribution in [1.29, 1.82) is 0 Å². The molecule has 0 aromatic heterocycles. The number of carbonyl (C=O) groups is 1. The average Bonchev–Trinajstić information content (AvgIpc) is 2.98. The number of methoxy groups -OCH3 is 3. The zero-order valence-electron chi connectivity index (χ0n) is 19.5. The van der Waals surface area contributed by atoms with Crippen molar-refractivity contribution >= 4 is 5.91 Å². The Morgan fingerprint density at radius 1 is 1.06 bits per heavy atom. The molecule has 0 aliphatic heterocycles. The van der Waals surface area contributed by atoms with Crippen LogP contribution in [0.3, 0.4) is 0 Å². The van der Waals surface area contributed by atoms with Crippen molar-refractivity contribution in [3.63, 3.8) is 0 Å². The number of carbonyl (C=O) groups excluding carboxylic acids is 1. The lowest BCUT2D eigenvalue weighted by Crippen LogP contribution is -2.26. The van der Waals surface area contributed by atoms with Crippen LogP contribution in [0.5, 0.6) is 23.0 Å². The molecule has 1 aliphatic carbocycles. The smallest absolute Gasteiger partial charge is 0.422 e. The number of alkyl halides is 3. The third-order valence-corrected chi connectivity index (χ3v) is 5.57. The molecule has 1 atom stereocenters. The van der Waals surface area contributed by atoms with Crippen molar-refractivity contribution in [2.24, 2.45) is 0 Å². The fraction of sp³-hybridized carbons (Fsp3) is 0.417. The van der Waals surface area contributed by atoms with Gasteiger partial charge in [0.25, 0.3) is 0 Å². The minimum atomic E-state index is -4.62. The molecular formula is C24H26F3NO6. The lowest BCUT2D eigenvalue weighted by molar-refractivity contribution is -0.153. The Morgan fingerprint density at radius 2 is 1.74 bits per heavy atom. The van der Waals surface area contributed by atoms with E-state index in [4.69, 9.17) is 18.9 Å². The molecule has 0 radical (unpaired) electrons. The Morgan fingerprint density at radius 3 is 2.29 bits per heavy atom. The van der Waals surface area contributed by atoms with E-state index in [2.05, 4.69) is 5.32 Å². The van der Waals surface area contributed by atoms with Gasteiger partial charge in [0, 0.05) is 18.1 Å². The summed E-state index contributed by atoms with van der Waals surface area (Å²) in [4.78, 5) is 24.9. The summed E-state index contributed by atoms with van der Waals surface area (Å²) >= 11 is 0. The number of halogens is 3. The predicted molar refractivity (Wildman–Crippen MR) is 119 cm³/mol. The molecule has 1 aliphatic rings. The molecule has 10 heteroatoms. The molecule has 2 aromatic carbocycles. The first-order chi connectivity index (χ1) is 16.0. The van der Waals surface area contributed by atoms with Crippen LogP contribution in [0.15, 0.2) is 23.0 Å². The van der Waals surface area contributed by atoms with E-state index in [0.717, 1.165) is 5.56 Å². The summed E-state index contributed by atoms with van der Waals surface area (Å²) in [7, 11) is 4.41. The van der Waals surface area contributed by atoms with Crippen molar-refractivity contribution in [1.82, 2.24) is 5.32 Å². The van der Waals surface area contributed by atoms with Gasteiger partial charge in [0.2, 0.25) is 17.1 Å². The molecule has 0 saturated carbocycles. The minimum absolute atomic E-state index is 0.171. The molecule has 7 nitrogen and oxygen atoms in total. The maximum absolute atomic E-state index is 12.9. The maximum Gasteiger partial charge on any atom is 0.422 e. The van der Waals surface area contributed by atoms with Gasteiger partial charge in [-0.2, -0.15) is 13.2 Å². The van der Waals surface area contributed by atoms with E-state index in [-0.39, 0.29) is 11.5 Å². The molecule has 3 rings (SSSR count). The number of ether oxygens (including phenoxy) is 4. The lowest BCUT2D eigenvalue weighted by Gasteiger charge is -2.20.